The van der Waals surface area contributed by atoms with Crippen molar-refractivity contribution in [1.29, 1.82) is 0 Å². The van der Waals surface area contributed by atoms with Gasteiger partial charge in [0.25, 0.3) is 0 Å². The molecule has 12 aromatic carbocycles. The van der Waals surface area contributed by atoms with Gasteiger partial charge in [0.1, 0.15) is 0 Å². The Morgan fingerprint density at radius 3 is 0.887 bits per heavy atom. The Balaban J connectivity index is 0.848. The molecule has 0 saturated carbocycles. The smallest absolute Gasteiger partial charge is 0.0715 e. The standard InChI is InChI=1S/C77H51N3/c1-5-19-52(20-6-1)62-45-63(53-21-7-2-8-22-53)47-64(46-62)54-35-37-55(38-36-54)65-50-72(60-25-17-23-56(43-60)58-39-41-76-70(48-58)68-31-13-15-33-74(68)79(76)66-27-9-3-10-28-66)78-73(51-65)61-26-18-24-57(44-61)59-40-42-77-71(49-59)69-32-14-16-34-75(69)80(77)67-29-11-4-12-30-67/h1-51H. The molecular formula is C77H51N3. The van der Waals surface area contributed by atoms with E-state index >= 15 is 0 Å². The molecule has 0 fully saturated rings. The highest BCUT2D eigenvalue weighted by molar-refractivity contribution is 6.12. The molecule has 3 heteroatoms. The highest BCUT2D eigenvalue weighted by atomic mass is 15.0. The number of hydrogen-bond donors (Lipinski definition) is 0. The summed E-state index contributed by atoms with van der Waals surface area (Å²) in [6, 6.07) is 112. The quantitative estimate of drug-likeness (QED) is 0.134. The number of benzene rings is 12. The van der Waals surface area contributed by atoms with Crippen LogP contribution in [0.15, 0.2) is 309 Å². The summed E-state index contributed by atoms with van der Waals surface area (Å²) in [5.41, 5.74) is 24.9. The lowest BCUT2D eigenvalue weighted by atomic mass is 9.92. The molecule has 15 rings (SSSR count). The van der Waals surface area contributed by atoms with Crippen molar-refractivity contribution in [2.75, 3.05) is 0 Å². The predicted molar refractivity (Wildman–Crippen MR) is 336 cm³/mol. The Hall–Kier alpha value is -10.6. The van der Waals surface area contributed by atoms with Gasteiger partial charge in [-0.15, -0.1) is 0 Å². The first-order valence-corrected chi connectivity index (χ1v) is 27.4. The zero-order valence-corrected chi connectivity index (χ0v) is 43.8. The summed E-state index contributed by atoms with van der Waals surface area (Å²) >= 11 is 0. The van der Waals surface area contributed by atoms with Crippen LogP contribution in [-0.2, 0) is 0 Å². The van der Waals surface area contributed by atoms with E-state index < -0.39 is 0 Å². The summed E-state index contributed by atoms with van der Waals surface area (Å²) in [5, 5.41) is 4.91. The van der Waals surface area contributed by atoms with Gasteiger partial charge in [-0.05, 0) is 170 Å². The topological polar surface area (TPSA) is 22.8 Å². The number of para-hydroxylation sites is 4. The minimum Gasteiger partial charge on any atom is -0.309 e. The Morgan fingerprint density at radius 2 is 0.463 bits per heavy atom. The molecule has 3 heterocycles. The van der Waals surface area contributed by atoms with Crippen LogP contribution in [0.4, 0.5) is 0 Å². The van der Waals surface area contributed by atoms with Crippen molar-refractivity contribution >= 4 is 43.6 Å². The third-order valence-corrected chi connectivity index (χ3v) is 15.9. The maximum Gasteiger partial charge on any atom is 0.0715 e. The molecule has 0 aliphatic carbocycles. The van der Waals surface area contributed by atoms with Crippen LogP contribution in [0.3, 0.4) is 0 Å². The van der Waals surface area contributed by atoms with E-state index in [-0.39, 0.29) is 0 Å². The monoisotopic (exact) mass is 1020 g/mol. The largest absolute Gasteiger partial charge is 0.309 e. The molecular weight excluding hydrogens is 967 g/mol. The zero-order chi connectivity index (χ0) is 52.9. The van der Waals surface area contributed by atoms with Gasteiger partial charge >= 0.3 is 0 Å². The predicted octanol–water partition coefficient (Wildman–Crippen LogP) is 20.6. The highest BCUT2D eigenvalue weighted by Gasteiger charge is 2.18. The van der Waals surface area contributed by atoms with Crippen LogP contribution < -0.4 is 0 Å². The average molecular weight is 1020 g/mol. The second-order valence-corrected chi connectivity index (χ2v) is 20.7. The van der Waals surface area contributed by atoms with Crippen molar-refractivity contribution in [3.8, 4) is 101 Å². The molecule has 0 radical (unpaired) electrons. The molecule has 15 aromatic rings. The van der Waals surface area contributed by atoms with Gasteiger partial charge in [0, 0.05) is 44.0 Å². The van der Waals surface area contributed by atoms with Crippen molar-refractivity contribution in [2.45, 2.75) is 0 Å². The van der Waals surface area contributed by atoms with Crippen LogP contribution in [-0.4, -0.2) is 14.1 Å². The Morgan fingerprint density at radius 1 is 0.175 bits per heavy atom. The number of fused-ring (bicyclic) bond motifs is 6. The van der Waals surface area contributed by atoms with E-state index in [0.29, 0.717) is 0 Å². The van der Waals surface area contributed by atoms with Crippen molar-refractivity contribution in [2.24, 2.45) is 0 Å². The second-order valence-electron chi connectivity index (χ2n) is 20.7. The van der Waals surface area contributed by atoms with Gasteiger partial charge in [-0.1, -0.05) is 206 Å². The number of rotatable bonds is 10. The fraction of sp³-hybridized carbons (Fsp3) is 0. The first kappa shape index (κ1) is 46.7. The molecule has 3 aromatic heterocycles. The normalized spacial score (nSPS) is 11.5. The Kier molecular flexibility index (Phi) is 11.5. The third-order valence-electron chi connectivity index (χ3n) is 15.9. The molecule has 0 N–H and O–H groups in total. The zero-order valence-electron chi connectivity index (χ0n) is 43.8. The van der Waals surface area contributed by atoms with Crippen LogP contribution >= 0.6 is 0 Å². The van der Waals surface area contributed by atoms with Gasteiger partial charge in [-0.2, -0.15) is 0 Å². The molecule has 0 saturated heterocycles. The van der Waals surface area contributed by atoms with Gasteiger partial charge in [-0.25, -0.2) is 4.98 Å². The second kappa shape index (κ2) is 19.8. The van der Waals surface area contributed by atoms with Crippen LogP contribution in [0.2, 0.25) is 0 Å². The molecule has 0 aliphatic rings. The summed E-state index contributed by atoms with van der Waals surface area (Å²) in [5.74, 6) is 0. The summed E-state index contributed by atoms with van der Waals surface area (Å²) in [4.78, 5) is 5.56. The molecule has 80 heavy (non-hydrogen) atoms. The number of aromatic nitrogens is 3. The minimum atomic E-state index is 0.911. The Labute approximate surface area is 465 Å². The van der Waals surface area contributed by atoms with E-state index in [0.717, 1.165) is 72.8 Å². The van der Waals surface area contributed by atoms with Crippen molar-refractivity contribution in [3.05, 3.63) is 309 Å². The van der Waals surface area contributed by atoms with Crippen LogP contribution in [0.1, 0.15) is 0 Å². The average Bonchev–Trinajstić information content (AvgIpc) is 4.07. The van der Waals surface area contributed by atoms with Crippen LogP contribution in [0.25, 0.3) is 144 Å². The van der Waals surface area contributed by atoms with Crippen molar-refractivity contribution < 1.29 is 0 Å². The minimum absolute atomic E-state index is 0.911. The first-order chi connectivity index (χ1) is 39.6. The molecule has 0 bridgehead atoms. The number of pyridine rings is 1. The molecule has 0 atom stereocenters. The number of hydrogen-bond acceptors (Lipinski definition) is 1. The maximum absolute atomic E-state index is 5.56. The van der Waals surface area contributed by atoms with Gasteiger partial charge in [0.15, 0.2) is 0 Å². The van der Waals surface area contributed by atoms with E-state index in [4.69, 9.17) is 4.98 Å². The van der Waals surface area contributed by atoms with Crippen molar-refractivity contribution in [1.82, 2.24) is 14.1 Å². The summed E-state index contributed by atoms with van der Waals surface area (Å²) < 4.78 is 4.74. The number of nitrogens with zero attached hydrogens (tertiary/aromatic N) is 3. The molecule has 3 nitrogen and oxygen atoms in total. The SMILES string of the molecule is c1ccc(-c2cc(-c3ccccc3)cc(-c3ccc(-c4cc(-c5cccc(-c6ccc7c(c6)c6ccccc6n7-c6ccccc6)c5)nc(-c5cccc(-c6ccc7c(c6)c6ccccc6n7-c6ccccc6)c5)c4)cc3)c2)cc1. The van der Waals surface area contributed by atoms with Gasteiger partial charge < -0.3 is 9.13 Å². The van der Waals surface area contributed by atoms with Gasteiger partial charge in [0.05, 0.1) is 33.5 Å². The molecule has 374 valence electrons. The molecule has 0 spiro atoms. The van der Waals surface area contributed by atoms with E-state index in [1.54, 1.807) is 0 Å². The molecule has 0 unspecified atom stereocenters. The first-order valence-electron chi connectivity index (χ1n) is 27.4. The fourth-order valence-corrected chi connectivity index (χ4v) is 12.0. The van der Waals surface area contributed by atoms with Gasteiger partial charge in [-0.3, -0.25) is 0 Å². The summed E-state index contributed by atoms with van der Waals surface area (Å²) in [6.45, 7) is 0. The Bertz CT molecular complexity index is 4510. The lowest BCUT2D eigenvalue weighted by Gasteiger charge is -2.14. The maximum atomic E-state index is 5.56. The molecule has 0 aliphatic heterocycles. The third kappa shape index (κ3) is 8.46. The van der Waals surface area contributed by atoms with Gasteiger partial charge in [0.2, 0.25) is 0 Å². The van der Waals surface area contributed by atoms with Crippen LogP contribution in [0.5, 0.6) is 0 Å². The lowest BCUT2D eigenvalue weighted by molar-refractivity contribution is 1.18. The summed E-state index contributed by atoms with van der Waals surface area (Å²) in [7, 11) is 0. The lowest BCUT2D eigenvalue weighted by Crippen LogP contribution is -1.93. The molecule has 0 amide bonds. The van der Waals surface area contributed by atoms with E-state index in [2.05, 4.69) is 319 Å². The van der Waals surface area contributed by atoms with Crippen molar-refractivity contribution in [3.63, 3.8) is 0 Å². The van der Waals surface area contributed by atoms with E-state index in [9.17, 15) is 0 Å². The van der Waals surface area contributed by atoms with Crippen LogP contribution in [0, 0.1) is 0 Å². The highest BCUT2D eigenvalue weighted by Crippen LogP contribution is 2.40. The van der Waals surface area contributed by atoms with E-state index in [1.807, 2.05) is 0 Å². The summed E-state index contributed by atoms with van der Waals surface area (Å²) in [6.07, 6.45) is 0. The fourth-order valence-electron chi connectivity index (χ4n) is 12.0. The van der Waals surface area contributed by atoms with E-state index in [1.165, 1.54) is 71.4 Å².